The summed E-state index contributed by atoms with van der Waals surface area (Å²) in [6.07, 6.45) is 24.7. The summed E-state index contributed by atoms with van der Waals surface area (Å²) in [4.78, 5) is 0. The molecule has 0 aliphatic heterocycles. The van der Waals surface area contributed by atoms with Crippen LogP contribution in [0, 0.1) is 102 Å². The Labute approximate surface area is 480 Å². The topological polar surface area (TPSA) is 0 Å². The second kappa shape index (κ2) is 17.1. The van der Waals surface area contributed by atoms with Gasteiger partial charge in [-0.15, -0.1) is 0 Å². The number of hydrogen-bond donors (Lipinski definition) is 0. The third-order valence-corrected chi connectivity index (χ3v) is 23.6. The number of rotatable bonds is 4. The first-order valence-electron chi connectivity index (χ1n) is 30.8. The summed E-state index contributed by atoms with van der Waals surface area (Å²) >= 11 is 0. The molecule has 0 heteroatoms. The van der Waals surface area contributed by atoms with E-state index in [1.165, 1.54) is 127 Å². The lowest BCUT2D eigenvalue weighted by Gasteiger charge is -2.83. The van der Waals surface area contributed by atoms with Gasteiger partial charge in [0.25, 0.3) is 0 Å². The van der Waals surface area contributed by atoms with Crippen LogP contribution in [0.4, 0.5) is 0 Å². The molecule has 0 spiro atoms. The third kappa shape index (κ3) is 8.27. The van der Waals surface area contributed by atoms with Gasteiger partial charge in [0.2, 0.25) is 0 Å². The van der Waals surface area contributed by atoms with Gasteiger partial charge in [-0.2, -0.15) is 0 Å². The highest BCUT2D eigenvalue weighted by atomic mass is 14.8. The first kappa shape index (κ1) is 50.5. The largest absolute Gasteiger partial charge is 0.0622 e. The van der Waals surface area contributed by atoms with E-state index in [1.54, 1.807) is 0 Å². The Morgan fingerprint density at radius 1 is 0.212 bits per heavy atom. The van der Waals surface area contributed by atoms with Crippen LogP contribution in [0.5, 0.6) is 0 Å². The minimum atomic E-state index is 0.0887. The van der Waals surface area contributed by atoms with Gasteiger partial charge in [0.15, 0.2) is 0 Å². The van der Waals surface area contributed by atoms with Crippen LogP contribution in [0.15, 0.2) is 158 Å². The highest BCUT2D eigenvalue weighted by molar-refractivity contribution is 5.56. The minimum Gasteiger partial charge on any atom is -0.0622 e. The van der Waals surface area contributed by atoms with Gasteiger partial charge in [-0.25, -0.2) is 0 Å². The predicted octanol–water partition coefficient (Wildman–Crippen LogP) is 18.6. The highest BCUT2D eigenvalue weighted by Crippen LogP contribution is 2.90. The van der Waals surface area contributed by atoms with E-state index in [0.717, 1.165) is 44.5 Å². The molecule has 12 aliphatic rings. The average molecular weight is 1040 g/mol. The minimum absolute atomic E-state index is 0.0887. The molecule has 6 aromatic rings. The van der Waals surface area contributed by atoms with Crippen LogP contribution in [-0.2, 0) is 10.8 Å². The van der Waals surface area contributed by atoms with Crippen molar-refractivity contribution in [3.63, 3.8) is 0 Å². The normalized spacial score (nSPS) is 39.7. The molecule has 80 heavy (non-hydrogen) atoms. The van der Waals surface area contributed by atoms with E-state index < -0.39 is 0 Å². The van der Waals surface area contributed by atoms with Crippen LogP contribution in [-0.4, -0.2) is 0 Å². The fourth-order valence-corrected chi connectivity index (χ4v) is 24.8. The van der Waals surface area contributed by atoms with E-state index in [4.69, 9.17) is 0 Å². The molecule has 12 fully saturated rings. The van der Waals surface area contributed by atoms with E-state index in [-0.39, 0.29) is 21.7 Å². The smallest absolute Gasteiger partial charge is 0.0264 e. The molecule has 0 saturated heterocycles. The summed E-state index contributed by atoms with van der Waals surface area (Å²) in [6, 6.07) is 57.1. The van der Waals surface area contributed by atoms with Crippen LogP contribution >= 0.6 is 0 Å². The zero-order chi connectivity index (χ0) is 54.5. The number of hydrogen-bond acceptors (Lipinski definition) is 0. The zero-order valence-corrected chi connectivity index (χ0v) is 48.7. The maximum absolute atomic E-state index is 3.71. The quantitative estimate of drug-likeness (QED) is 0.154. The molecule has 4 unspecified atom stereocenters. The molecule has 0 heterocycles. The van der Waals surface area contributed by atoms with E-state index >= 15 is 0 Å². The predicted molar refractivity (Wildman–Crippen MR) is 327 cm³/mol. The van der Waals surface area contributed by atoms with Crippen molar-refractivity contribution in [3.05, 3.63) is 213 Å². The Morgan fingerprint density at radius 2 is 0.425 bits per heavy atom. The van der Waals surface area contributed by atoms with Crippen LogP contribution in [0.1, 0.15) is 213 Å². The van der Waals surface area contributed by atoms with Crippen molar-refractivity contribution in [2.24, 2.45) is 54.1 Å². The zero-order valence-electron chi connectivity index (χ0n) is 48.7. The standard InChI is InChI=1S/C80H80/c1-69-41-70(2)45-75(44-69,67-37-63(31-27-59-19-11-7-12-20-59)35-64(38-67)32-28-60-21-13-8-14-22-60)56-77(48-69,49-70)79-52-73(5)43-74(6,53-79)55-80(54-73,58-79)78-50-71(3)42-72(4,51-78)47-76(46-71,57-78)68-39-65(33-29-61-23-15-9-16-24-61)36-66(40-68)34-30-62-25-17-10-18-26-62/h7-26,35-40H,41-58H2,1-6H3. The molecule has 12 bridgehead atoms. The van der Waals surface area contributed by atoms with Gasteiger partial charge in [-0.05, 0) is 277 Å². The fourth-order valence-electron chi connectivity index (χ4n) is 24.8. The molecular formula is C80H80. The molecule has 4 atom stereocenters. The van der Waals surface area contributed by atoms with E-state index in [0.29, 0.717) is 43.3 Å². The maximum Gasteiger partial charge on any atom is 0.0264 e. The highest BCUT2D eigenvalue weighted by Gasteiger charge is 2.80. The summed E-state index contributed by atoms with van der Waals surface area (Å²) in [7, 11) is 0. The fraction of sp³-hybridized carbons (Fsp3) is 0.450. The lowest BCUT2D eigenvalue weighted by Crippen LogP contribution is -2.75. The first-order valence-corrected chi connectivity index (χ1v) is 30.8. The molecule has 18 rings (SSSR count). The van der Waals surface area contributed by atoms with E-state index in [1.807, 2.05) is 0 Å². The van der Waals surface area contributed by atoms with Gasteiger partial charge >= 0.3 is 0 Å². The van der Waals surface area contributed by atoms with Crippen molar-refractivity contribution in [1.29, 1.82) is 0 Å². The molecule has 0 N–H and O–H groups in total. The van der Waals surface area contributed by atoms with Crippen molar-refractivity contribution >= 4 is 0 Å². The van der Waals surface area contributed by atoms with Gasteiger partial charge in [0.05, 0.1) is 0 Å². The van der Waals surface area contributed by atoms with Gasteiger partial charge in [0.1, 0.15) is 0 Å². The molecule has 0 nitrogen and oxygen atoms in total. The lowest BCUT2D eigenvalue weighted by atomic mass is 9.21. The second-order valence-corrected chi connectivity index (χ2v) is 31.8. The van der Waals surface area contributed by atoms with Crippen LogP contribution in [0.2, 0.25) is 0 Å². The molecule has 400 valence electrons. The van der Waals surface area contributed by atoms with Gasteiger partial charge < -0.3 is 0 Å². The molecule has 0 aromatic heterocycles. The van der Waals surface area contributed by atoms with Crippen LogP contribution < -0.4 is 0 Å². The summed E-state index contributed by atoms with van der Waals surface area (Å²) in [5, 5.41) is 0. The third-order valence-electron chi connectivity index (χ3n) is 23.6. The Bertz CT molecular complexity index is 3320. The molecule has 0 amide bonds. The van der Waals surface area contributed by atoms with E-state index in [2.05, 4.69) is 247 Å². The lowest BCUT2D eigenvalue weighted by molar-refractivity contribution is -0.328. The average Bonchev–Trinajstić information content (AvgIpc) is 3.01. The van der Waals surface area contributed by atoms with Crippen LogP contribution in [0.25, 0.3) is 0 Å². The summed E-state index contributed by atoms with van der Waals surface area (Å²) in [5.41, 5.74) is 15.0. The van der Waals surface area contributed by atoms with Gasteiger partial charge in [-0.3, -0.25) is 0 Å². The van der Waals surface area contributed by atoms with E-state index in [9.17, 15) is 0 Å². The van der Waals surface area contributed by atoms with Gasteiger partial charge in [-0.1, -0.05) is 162 Å². The van der Waals surface area contributed by atoms with Crippen molar-refractivity contribution in [2.75, 3.05) is 0 Å². The summed E-state index contributed by atoms with van der Waals surface area (Å²) < 4.78 is 0. The monoisotopic (exact) mass is 1040 g/mol. The first-order chi connectivity index (χ1) is 38.2. The van der Waals surface area contributed by atoms with Gasteiger partial charge in [0, 0.05) is 44.5 Å². The molecule has 12 aliphatic carbocycles. The van der Waals surface area contributed by atoms with Crippen molar-refractivity contribution in [3.8, 4) is 47.4 Å². The maximum atomic E-state index is 3.71. The van der Waals surface area contributed by atoms with Crippen molar-refractivity contribution in [1.82, 2.24) is 0 Å². The Hall–Kier alpha value is -6.44. The summed E-state index contributed by atoms with van der Waals surface area (Å²) in [5.74, 6) is 29.1. The Balaban J connectivity index is 0.854. The SMILES string of the molecule is CC12CC3(C)CC(c4cc(C#Cc5ccccc5)cc(C#Cc5ccccc5)c4)(C1)CC(C14CC5(C)CC(C)(C1)CC(C16CC7(C)CC(C)(CC(c8cc(C#Cc9ccccc9)cc(C#Cc9ccccc9)c8)(C7)C1)C6)(C5)C4)(C2)C3. The van der Waals surface area contributed by atoms with Crippen molar-refractivity contribution < 1.29 is 0 Å². The van der Waals surface area contributed by atoms with Crippen LogP contribution in [0.3, 0.4) is 0 Å². The molecule has 6 aromatic carbocycles. The Kier molecular flexibility index (Phi) is 10.8. The molecule has 12 saturated carbocycles. The Morgan fingerprint density at radius 3 is 0.675 bits per heavy atom. The van der Waals surface area contributed by atoms with Crippen molar-refractivity contribution in [2.45, 2.75) is 168 Å². The molecule has 0 radical (unpaired) electrons. The number of benzene rings is 6. The summed E-state index contributed by atoms with van der Waals surface area (Å²) in [6.45, 7) is 16.7. The second-order valence-electron chi connectivity index (χ2n) is 31.8. The molecular weight excluding hydrogens is 961 g/mol.